The Hall–Kier alpha value is -2.56. The topological polar surface area (TPSA) is 52.9 Å². The van der Waals surface area contributed by atoms with E-state index < -0.39 is 5.83 Å². The Labute approximate surface area is 128 Å². The highest BCUT2D eigenvalue weighted by molar-refractivity contribution is 5.81. The maximum Gasteiger partial charge on any atom is 0.333 e. The molecule has 2 rings (SSSR count). The summed E-state index contributed by atoms with van der Waals surface area (Å²) in [5.41, 5.74) is 7.48. The number of aromatic nitrogens is 2. The van der Waals surface area contributed by atoms with Gasteiger partial charge in [0.05, 0.1) is 16.7 Å². The maximum atomic E-state index is 14.1. The predicted octanol–water partition coefficient (Wildman–Crippen LogP) is 3.31. The van der Waals surface area contributed by atoms with Crippen LogP contribution >= 0.6 is 0 Å². The molecule has 2 aromatic rings. The van der Waals surface area contributed by atoms with Crippen molar-refractivity contribution in [3.63, 3.8) is 0 Å². The number of rotatable bonds is 4. The largest absolute Gasteiger partial charge is 0.397 e. The highest BCUT2D eigenvalue weighted by atomic mass is 19.1. The van der Waals surface area contributed by atoms with E-state index in [-0.39, 0.29) is 11.4 Å². The zero-order chi connectivity index (χ0) is 16.3. The Balaban J connectivity index is 2.64. The first-order chi connectivity index (χ1) is 10.5. The minimum atomic E-state index is -0.546. The second-order valence-electron chi connectivity index (χ2n) is 4.94. The number of imidazole rings is 1. The maximum absolute atomic E-state index is 14.1. The van der Waals surface area contributed by atoms with Crippen molar-refractivity contribution in [1.29, 1.82) is 0 Å². The van der Waals surface area contributed by atoms with Crippen LogP contribution in [-0.2, 0) is 7.05 Å². The van der Waals surface area contributed by atoms with Gasteiger partial charge in [0.15, 0.2) is 0 Å². The van der Waals surface area contributed by atoms with Gasteiger partial charge in [-0.15, -0.1) is 0 Å². The van der Waals surface area contributed by atoms with Gasteiger partial charge < -0.3 is 5.73 Å². The lowest BCUT2D eigenvalue weighted by atomic mass is 10.2. The fraction of sp³-hybridized carbons (Fsp3) is 0.235. The van der Waals surface area contributed by atoms with Crippen LogP contribution < -0.4 is 11.4 Å². The average Bonchev–Trinajstić information content (AvgIpc) is 2.77. The number of fused-ring (bicyclic) bond motifs is 1. The van der Waals surface area contributed by atoms with E-state index in [1.807, 2.05) is 31.2 Å². The summed E-state index contributed by atoms with van der Waals surface area (Å²) in [5.74, 6) is -0.546. The van der Waals surface area contributed by atoms with Gasteiger partial charge in [-0.1, -0.05) is 31.2 Å². The second kappa shape index (κ2) is 6.47. The number of para-hydroxylation sites is 2. The molecule has 2 N–H and O–H groups in total. The third-order valence-corrected chi connectivity index (χ3v) is 3.49. The zero-order valence-corrected chi connectivity index (χ0v) is 13.0. The van der Waals surface area contributed by atoms with E-state index in [2.05, 4.69) is 0 Å². The van der Waals surface area contributed by atoms with Gasteiger partial charge in [0.1, 0.15) is 5.83 Å². The van der Waals surface area contributed by atoms with E-state index in [1.165, 1.54) is 15.2 Å². The van der Waals surface area contributed by atoms with E-state index >= 15 is 0 Å². The number of allylic oxidation sites excluding steroid dienone is 5. The molecular weight excluding hydrogens is 281 g/mol. The summed E-state index contributed by atoms with van der Waals surface area (Å²) >= 11 is 0. The van der Waals surface area contributed by atoms with Crippen LogP contribution in [0, 0.1) is 0 Å². The molecule has 0 fully saturated rings. The molecule has 0 aliphatic rings. The second-order valence-corrected chi connectivity index (χ2v) is 4.94. The van der Waals surface area contributed by atoms with Crippen molar-refractivity contribution in [3.8, 4) is 0 Å². The van der Waals surface area contributed by atoms with E-state index in [9.17, 15) is 9.18 Å². The highest BCUT2D eigenvalue weighted by Gasteiger charge is 2.13. The van der Waals surface area contributed by atoms with Gasteiger partial charge in [-0.25, -0.2) is 9.18 Å². The summed E-state index contributed by atoms with van der Waals surface area (Å²) in [4.78, 5) is 12.5. The minimum absolute atomic E-state index is 0.0788. The van der Waals surface area contributed by atoms with Crippen molar-refractivity contribution in [2.24, 2.45) is 12.8 Å². The van der Waals surface area contributed by atoms with Crippen molar-refractivity contribution in [3.05, 3.63) is 64.5 Å². The predicted molar refractivity (Wildman–Crippen MR) is 88.9 cm³/mol. The van der Waals surface area contributed by atoms with Crippen molar-refractivity contribution in [2.75, 3.05) is 0 Å². The van der Waals surface area contributed by atoms with E-state index in [0.29, 0.717) is 12.1 Å². The number of hydrogen-bond acceptors (Lipinski definition) is 2. The number of benzene rings is 1. The summed E-state index contributed by atoms with van der Waals surface area (Å²) in [7, 11) is 1.69. The standard InChI is InChI=1S/C17H20FN3O/c1-4-8-14(19)13(18)11-12(5-2)21-16-10-7-6-9-15(16)20(3)17(21)22/h5-11H,4,19H2,1-3H3/b12-5+,13-11+,14-8+. The van der Waals surface area contributed by atoms with E-state index in [0.717, 1.165) is 11.0 Å². The van der Waals surface area contributed by atoms with Crippen LogP contribution in [0.25, 0.3) is 16.7 Å². The molecule has 0 unspecified atom stereocenters. The lowest BCUT2D eigenvalue weighted by Crippen LogP contribution is -2.21. The number of aryl methyl sites for hydroxylation is 1. The Bertz CT molecular complexity index is 837. The third kappa shape index (κ3) is 2.74. The van der Waals surface area contributed by atoms with Crippen LogP contribution in [0.5, 0.6) is 0 Å². The summed E-state index contributed by atoms with van der Waals surface area (Å²) in [6.07, 6.45) is 5.22. The number of hydrogen-bond donors (Lipinski definition) is 1. The van der Waals surface area contributed by atoms with Gasteiger partial charge in [0, 0.05) is 12.7 Å². The number of halogens is 1. The molecule has 0 bridgehead atoms. The van der Waals surface area contributed by atoms with Gasteiger partial charge in [0.25, 0.3) is 0 Å². The molecule has 0 aliphatic carbocycles. The minimum Gasteiger partial charge on any atom is -0.397 e. The first kappa shape index (κ1) is 15.8. The molecule has 4 nitrogen and oxygen atoms in total. The quantitative estimate of drug-likeness (QED) is 0.881. The zero-order valence-electron chi connectivity index (χ0n) is 13.0. The van der Waals surface area contributed by atoms with Crippen LogP contribution in [0.3, 0.4) is 0 Å². The molecule has 1 aromatic heterocycles. The Morgan fingerprint density at radius 2 is 1.95 bits per heavy atom. The summed E-state index contributed by atoms with van der Waals surface area (Å²) in [5, 5.41) is 0. The molecule has 0 atom stereocenters. The number of nitrogens with two attached hydrogens (primary N) is 1. The molecule has 0 saturated carbocycles. The van der Waals surface area contributed by atoms with Gasteiger partial charge in [-0.2, -0.15) is 0 Å². The van der Waals surface area contributed by atoms with Crippen LogP contribution in [-0.4, -0.2) is 9.13 Å². The first-order valence-corrected chi connectivity index (χ1v) is 7.17. The number of nitrogens with zero attached hydrogens (tertiary/aromatic N) is 2. The van der Waals surface area contributed by atoms with Crippen molar-refractivity contribution in [2.45, 2.75) is 20.3 Å². The Morgan fingerprint density at radius 3 is 2.55 bits per heavy atom. The molecule has 0 radical (unpaired) electrons. The first-order valence-electron chi connectivity index (χ1n) is 7.17. The van der Waals surface area contributed by atoms with Crippen LogP contribution in [0.15, 0.2) is 58.8 Å². The molecule has 116 valence electrons. The molecule has 0 aliphatic heterocycles. The SMILES string of the molecule is C\C=C(/C=C(F)\C(N)=C/CC)n1c(=O)n(C)c2ccccc21. The van der Waals surface area contributed by atoms with Gasteiger partial charge >= 0.3 is 5.69 Å². The molecule has 22 heavy (non-hydrogen) atoms. The van der Waals surface area contributed by atoms with Gasteiger partial charge in [0.2, 0.25) is 0 Å². The third-order valence-electron chi connectivity index (χ3n) is 3.49. The summed E-state index contributed by atoms with van der Waals surface area (Å²) in [6.45, 7) is 3.64. The molecular formula is C17H20FN3O. The highest BCUT2D eigenvalue weighted by Crippen LogP contribution is 2.19. The molecule has 1 aromatic carbocycles. The van der Waals surface area contributed by atoms with E-state index in [1.54, 1.807) is 26.1 Å². The molecule has 0 saturated heterocycles. The normalized spacial score (nSPS) is 13.9. The summed E-state index contributed by atoms with van der Waals surface area (Å²) < 4.78 is 17.2. The van der Waals surface area contributed by atoms with Crippen LogP contribution in [0.1, 0.15) is 20.3 Å². The van der Waals surface area contributed by atoms with Crippen molar-refractivity contribution < 1.29 is 4.39 Å². The molecule has 0 amide bonds. The van der Waals surface area contributed by atoms with Crippen molar-refractivity contribution in [1.82, 2.24) is 9.13 Å². The van der Waals surface area contributed by atoms with Gasteiger partial charge in [-0.05, 0) is 31.6 Å². The van der Waals surface area contributed by atoms with Gasteiger partial charge in [-0.3, -0.25) is 9.13 Å². The monoisotopic (exact) mass is 301 g/mol. The Kier molecular flexibility index (Phi) is 4.65. The van der Waals surface area contributed by atoms with Crippen molar-refractivity contribution >= 4 is 16.7 Å². The molecule has 0 spiro atoms. The fourth-order valence-electron chi connectivity index (χ4n) is 2.35. The molecule has 1 heterocycles. The van der Waals surface area contributed by atoms with E-state index in [4.69, 9.17) is 5.73 Å². The fourth-order valence-corrected chi connectivity index (χ4v) is 2.35. The average molecular weight is 301 g/mol. The smallest absolute Gasteiger partial charge is 0.333 e. The van der Waals surface area contributed by atoms with Crippen LogP contribution in [0.2, 0.25) is 0 Å². The lowest BCUT2D eigenvalue weighted by molar-refractivity contribution is 0.647. The molecule has 5 heteroatoms. The lowest BCUT2D eigenvalue weighted by Gasteiger charge is -2.05. The van der Waals surface area contributed by atoms with Crippen LogP contribution in [0.4, 0.5) is 4.39 Å². The Morgan fingerprint density at radius 1 is 1.32 bits per heavy atom. The summed E-state index contributed by atoms with van der Waals surface area (Å²) in [6, 6.07) is 7.39.